The summed E-state index contributed by atoms with van der Waals surface area (Å²) in [4.78, 5) is 18.9. The average molecular weight is 1000 g/mol. The number of carbonyl (C=O) groups excluding carboxylic acids is 1. The number of methoxy groups -OCH3 is 1. The lowest BCUT2D eigenvalue weighted by Crippen LogP contribution is -2.70. The number of cyclic esters (lactones) is 1. The maximum absolute atomic E-state index is 14.7. The van der Waals surface area contributed by atoms with E-state index in [0.29, 0.717) is 25.3 Å². The first-order valence-corrected chi connectivity index (χ1v) is 26.8. The highest BCUT2D eigenvalue weighted by Crippen LogP contribution is 2.44. The fraction of sp³-hybridized carbons (Fsp3) is 0.860. The number of nitrogens with zero attached hydrogens (tertiary/aromatic N) is 3. The first-order valence-electron chi connectivity index (χ1n) is 25.3. The van der Waals surface area contributed by atoms with Crippen molar-refractivity contribution in [1.29, 1.82) is 0 Å². The molecule has 6 N–H and O–H groups in total. The topological polar surface area (TPSA) is 229 Å². The summed E-state index contributed by atoms with van der Waals surface area (Å²) >= 11 is 0. The summed E-state index contributed by atoms with van der Waals surface area (Å²) in [5.74, 6) is -3.08. The highest BCUT2D eigenvalue weighted by molar-refractivity contribution is 7.90. The number of hydrogen-bond acceptors (Lipinski definition) is 16. The third-order valence-electron chi connectivity index (χ3n) is 16.0. The monoisotopic (exact) mass is 1000 g/mol. The van der Waals surface area contributed by atoms with Gasteiger partial charge in [-0.25, -0.2) is 0 Å². The third-order valence-corrected chi connectivity index (χ3v) is 17.6. The van der Waals surface area contributed by atoms with Crippen molar-refractivity contribution in [2.45, 2.75) is 211 Å². The second kappa shape index (κ2) is 23.4. The van der Waals surface area contributed by atoms with E-state index in [-0.39, 0.29) is 31.6 Å². The van der Waals surface area contributed by atoms with E-state index in [1.807, 2.05) is 25.7 Å². The van der Waals surface area contributed by atoms with E-state index in [4.69, 9.17) is 28.4 Å². The molecule has 0 radical (unpaired) electrons. The number of likely N-dealkylation sites (tertiary alicyclic amines) is 1. The number of benzene rings is 1. The number of hydrogen-bond donors (Lipinski definition) is 6. The van der Waals surface area contributed by atoms with Gasteiger partial charge in [-0.15, -0.1) is 0 Å². The number of rotatable bonds is 13. The predicted molar refractivity (Wildman–Crippen MR) is 261 cm³/mol. The van der Waals surface area contributed by atoms with Crippen LogP contribution in [0.3, 0.4) is 0 Å². The molecule has 398 valence electrons. The number of ether oxygens (including phenoxy) is 6. The van der Waals surface area contributed by atoms with Crippen LogP contribution < -0.4 is 4.72 Å². The van der Waals surface area contributed by atoms with Gasteiger partial charge in [0, 0.05) is 51.3 Å². The molecule has 19 heteroatoms. The van der Waals surface area contributed by atoms with Crippen molar-refractivity contribution in [3.05, 3.63) is 30.3 Å². The second-order valence-corrected chi connectivity index (χ2v) is 23.2. The van der Waals surface area contributed by atoms with E-state index < -0.39 is 118 Å². The van der Waals surface area contributed by atoms with Crippen molar-refractivity contribution in [3.8, 4) is 0 Å². The smallest absolute Gasteiger partial charge is 0.311 e. The number of aliphatic hydroxyl groups excluding tert-OH is 2. The Morgan fingerprint density at radius 3 is 2.14 bits per heavy atom. The molecule has 1 aromatic rings. The van der Waals surface area contributed by atoms with Gasteiger partial charge in [0.1, 0.15) is 35.1 Å². The van der Waals surface area contributed by atoms with E-state index in [2.05, 4.69) is 9.62 Å². The van der Waals surface area contributed by atoms with Crippen LogP contribution in [0.15, 0.2) is 30.3 Å². The Labute approximate surface area is 412 Å². The molecular weight excluding hydrogens is 913 g/mol. The van der Waals surface area contributed by atoms with Gasteiger partial charge >= 0.3 is 16.2 Å². The van der Waals surface area contributed by atoms with Crippen LogP contribution in [0.2, 0.25) is 0 Å². The number of aliphatic hydroxyl groups is 5. The van der Waals surface area contributed by atoms with Gasteiger partial charge < -0.3 is 58.9 Å². The zero-order chi connectivity index (χ0) is 51.4. The number of carbonyl (C=O) groups is 1. The minimum Gasteiger partial charge on any atom is -0.459 e. The van der Waals surface area contributed by atoms with Gasteiger partial charge in [-0.05, 0) is 118 Å². The van der Waals surface area contributed by atoms with Crippen LogP contribution in [0.5, 0.6) is 0 Å². The van der Waals surface area contributed by atoms with Crippen molar-refractivity contribution in [3.63, 3.8) is 0 Å². The molecule has 69 heavy (non-hydrogen) atoms. The van der Waals surface area contributed by atoms with Crippen molar-refractivity contribution in [2.24, 2.45) is 17.8 Å². The first-order chi connectivity index (χ1) is 32.2. The normalized spacial score (nSPS) is 43.1. The second-order valence-electron chi connectivity index (χ2n) is 21.5. The standard InChI is InChI=1S/C50H88N4O14S/c1-14-39-49(11,59)43(56)35(7)54(15-2)29-31(3)27-47(9,58)44(68-46-41(55)38(26-32(4)64-46)52(12)69(61,62)51-37-22-18-16-19-23-37)33(5)42(34(6)45(57)66-39)67-40-28-48(10,63-13)50(60,36(8)65-40)30-53-24-20-17-21-25-53/h16,18-19,22-23,31-36,38-44,46,51,55-56,58-60H,14-15,17,20-21,24-30H2,1-13H3/t31-,32-,33+,34-,35-,36+,38+,39-,40+,41-,42+,43-,44-,46+,47-,48-,49-,50+/m1/s1. The van der Waals surface area contributed by atoms with Crippen LogP contribution in [0.25, 0.3) is 0 Å². The number of para-hydroxylation sites is 1. The summed E-state index contributed by atoms with van der Waals surface area (Å²) < 4.78 is 70.3. The minimum atomic E-state index is -4.20. The average Bonchev–Trinajstić information content (AvgIpc) is 3.29. The van der Waals surface area contributed by atoms with E-state index in [0.717, 1.165) is 36.7 Å². The van der Waals surface area contributed by atoms with Gasteiger partial charge in [-0.3, -0.25) is 14.4 Å². The summed E-state index contributed by atoms with van der Waals surface area (Å²) in [6.45, 7) is 22.1. The van der Waals surface area contributed by atoms with Crippen molar-refractivity contribution < 1.29 is 67.2 Å². The van der Waals surface area contributed by atoms with Gasteiger partial charge in [-0.2, -0.15) is 12.7 Å². The van der Waals surface area contributed by atoms with Gasteiger partial charge in [0.25, 0.3) is 0 Å². The molecule has 1 aromatic carbocycles. The minimum absolute atomic E-state index is 0.0484. The molecule has 18 nitrogen and oxygen atoms in total. The van der Waals surface area contributed by atoms with Crippen molar-refractivity contribution in [2.75, 3.05) is 51.6 Å². The van der Waals surface area contributed by atoms with Crippen LogP contribution >= 0.6 is 0 Å². The summed E-state index contributed by atoms with van der Waals surface area (Å²) in [6, 6.07) is 6.78. The lowest BCUT2D eigenvalue weighted by Gasteiger charge is -2.55. The number of likely N-dealkylation sites (N-methyl/N-ethyl adjacent to an activating group) is 2. The molecule has 0 aliphatic carbocycles. The molecule has 4 aliphatic heterocycles. The molecule has 4 saturated heterocycles. The molecule has 0 unspecified atom stereocenters. The Morgan fingerprint density at radius 2 is 1.55 bits per heavy atom. The fourth-order valence-electron chi connectivity index (χ4n) is 11.6. The molecule has 5 rings (SSSR count). The SMILES string of the molecule is CC[C@H]1OC(=O)[C@H](C)[C@@H](O[C@H]2C[C@@](C)(OC)[C@](O)(CN3CCCCC3)[C@H](C)O2)[C@H](C)[C@@H](O[C@@H]2O[C@H](C)C[C@H](N(C)S(=O)(=O)Nc3ccccc3)[C@H]2O)[C@](C)(O)C[C@@H](C)CN(CC)[C@H](C)[C@@H](O)[C@]1(C)O. The molecule has 18 atom stereocenters. The molecule has 0 saturated carbocycles. The van der Waals surface area contributed by atoms with E-state index in [1.165, 1.54) is 14.0 Å². The van der Waals surface area contributed by atoms with Gasteiger partial charge in [0.2, 0.25) is 0 Å². The highest BCUT2D eigenvalue weighted by atomic mass is 32.2. The van der Waals surface area contributed by atoms with Gasteiger partial charge in [0.05, 0.1) is 42.0 Å². The molecule has 4 fully saturated rings. The number of piperidine rings is 1. The quantitative estimate of drug-likeness (QED) is 0.154. The van der Waals surface area contributed by atoms with Crippen LogP contribution in [-0.2, 0) is 43.4 Å². The lowest BCUT2D eigenvalue weighted by molar-refractivity contribution is -0.339. The summed E-state index contributed by atoms with van der Waals surface area (Å²) in [7, 11) is -1.28. The van der Waals surface area contributed by atoms with E-state index in [1.54, 1.807) is 85.9 Å². The Balaban J connectivity index is 1.58. The summed E-state index contributed by atoms with van der Waals surface area (Å²) in [5, 5.41) is 61.4. The van der Waals surface area contributed by atoms with E-state index >= 15 is 0 Å². The summed E-state index contributed by atoms with van der Waals surface area (Å²) in [5.41, 5.74) is -5.92. The Kier molecular flexibility index (Phi) is 19.6. The molecule has 0 amide bonds. The molecule has 0 bridgehead atoms. The number of β-amino-alcohol motifs (C(OH)–C–C–N with tert-alkyl or cyclic N) is 1. The van der Waals surface area contributed by atoms with Crippen LogP contribution in [0, 0.1) is 17.8 Å². The number of nitrogens with one attached hydrogen (secondary N) is 1. The molecule has 4 heterocycles. The maximum atomic E-state index is 14.7. The zero-order valence-electron chi connectivity index (χ0n) is 43.6. The number of anilines is 1. The Hall–Kier alpha value is -2.08. The lowest BCUT2D eigenvalue weighted by atomic mass is 9.74. The van der Waals surface area contributed by atoms with Crippen LogP contribution in [0.4, 0.5) is 5.69 Å². The van der Waals surface area contributed by atoms with E-state index in [9.17, 15) is 38.7 Å². The molecule has 0 aromatic heterocycles. The predicted octanol–water partition coefficient (Wildman–Crippen LogP) is 3.87. The highest BCUT2D eigenvalue weighted by Gasteiger charge is 2.59. The van der Waals surface area contributed by atoms with Crippen molar-refractivity contribution >= 4 is 21.9 Å². The summed E-state index contributed by atoms with van der Waals surface area (Å²) in [6.07, 6.45) is -6.82. The molecular formula is C50H88N4O14S. The maximum Gasteiger partial charge on any atom is 0.311 e. The largest absolute Gasteiger partial charge is 0.459 e. The molecule has 0 spiro atoms. The fourth-order valence-corrected chi connectivity index (χ4v) is 12.7. The van der Waals surface area contributed by atoms with Crippen LogP contribution in [-0.4, -0.2) is 191 Å². The Morgan fingerprint density at radius 1 is 0.913 bits per heavy atom. The zero-order valence-corrected chi connectivity index (χ0v) is 44.4. The third kappa shape index (κ3) is 13.0. The van der Waals surface area contributed by atoms with Gasteiger partial charge in [0.15, 0.2) is 12.6 Å². The molecule has 4 aliphatic rings. The van der Waals surface area contributed by atoms with Crippen molar-refractivity contribution in [1.82, 2.24) is 14.1 Å². The number of esters is 1. The first kappa shape index (κ1) is 57.8. The van der Waals surface area contributed by atoms with Gasteiger partial charge in [-0.1, -0.05) is 52.3 Å². The van der Waals surface area contributed by atoms with Crippen LogP contribution in [0.1, 0.15) is 121 Å². The Bertz CT molecular complexity index is 1890.